The molecule has 2 saturated heterocycles. The summed E-state index contributed by atoms with van der Waals surface area (Å²) >= 11 is 0. The molecule has 3 aromatic rings. The van der Waals surface area contributed by atoms with Crippen molar-refractivity contribution in [3.05, 3.63) is 54.5 Å². The molecule has 5 atom stereocenters. The van der Waals surface area contributed by atoms with E-state index in [4.69, 9.17) is 14.2 Å². The molecule has 32 heavy (non-hydrogen) atoms. The van der Waals surface area contributed by atoms with E-state index >= 15 is 0 Å². The monoisotopic (exact) mass is 438 g/mol. The normalized spacial score (nSPS) is 29.7. The van der Waals surface area contributed by atoms with Crippen LogP contribution in [-0.4, -0.2) is 55.2 Å². The molecule has 0 saturated carbocycles. The molecule has 4 heterocycles. The summed E-state index contributed by atoms with van der Waals surface area (Å²) in [5.74, 6) is -0.675. The number of rotatable bonds is 4. The first kappa shape index (κ1) is 21.0. The zero-order valence-corrected chi connectivity index (χ0v) is 18.4. The number of benzene rings is 1. The summed E-state index contributed by atoms with van der Waals surface area (Å²) in [5.41, 5.74) is 0.259. The number of anilines is 1. The molecule has 2 aliphatic rings. The van der Waals surface area contributed by atoms with E-state index in [2.05, 4.69) is 15.3 Å². The summed E-state index contributed by atoms with van der Waals surface area (Å²) in [6.07, 6.45) is 0.847. The van der Waals surface area contributed by atoms with E-state index in [1.807, 2.05) is 43.7 Å². The smallest absolute Gasteiger partial charge is 0.256 e. The molecule has 2 N–H and O–H groups in total. The molecule has 168 valence electrons. The molecule has 2 aliphatic heterocycles. The van der Waals surface area contributed by atoms with Gasteiger partial charge in [0.1, 0.15) is 35.6 Å². The molecule has 9 heteroatoms. The van der Waals surface area contributed by atoms with Crippen LogP contribution in [0.5, 0.6) is 0 Å². The Morgan fingerprint density at radius 1 is 1.19 bits per heavy atom. The van der Waals surface area contributed by atoms with Crippen LogP contribution in [-0.2, 0) is 14.2 Å². The first-order valence-electron chi connectivity index (χ1n) is 10.6. The number of aromatic nitrogens is 3. The summed E-state index contributed by atoms with van der Waals surface area (Å²) in [7, 11) is 0. The Bertz CT molecular complexity index is 1160. The minimum atomic E-state index is -0.852. The second-order valence-corrected chi connectivity index (χ2v) is 8.92. The number of nitrogens with one attached hydrogen (secondary N) is 1. The highest BCUT2D eigenvalue weighted by Gasteiger charge is 2.65. The van der Waals surface area contributed by atoms with Gasteiger partial charge in [0.25, 0.3) is 5.91 Å². The molecular formula is C23H26N4O5. The zero-order chi connectivity index (χ0) is 22.7. The molecule has 1 unspecified atom stereocenters. The van der Waals surface area contributed by atoms with Crippen LogP contribution in [0.15, 0.2) is 48.9 Å². The van der Waals surface area contributed by atoms with Crippen LogP contribution in [0.4, 0.5) is 5.82 Å². The van der Waals surface area contributed by atoms with Crippen LogP contribution in [0.1, 0.15) is 44.3 Å². The number of carbonyl (C=O) groups is 1. The fraction of sp³-hybridized carbons (Fsp3) is 0.435. The molecule has 5 rings (SSSR count). The highest BCUT2D eigenvalue weighted by molar-refractivity contribution is 6.07. The number of hydrogen-bond acceptors (Lipinski definition) is 7. The van der Waals surface area contributed by atoms with Crippen molar-refractivity contribution in [2.24, 2.45) is 0 Å². The van der Waals surface area contributed by atoms with E-state index in [1.54, 1.807) is 31.2 Å². The Morgan fingerprint density at radius 2 is 1.94 bits per heavy atom. The molecule has 2 fully saturated rings. The third-order valence-electron chi connectivity index (χ3n) is 6.02. The van der Waals surface area contributed by atoms with Crippen LogP contribution in [0.3, 0.4) is 0 Å². The van der Waals surface area contributed by atoms with Crippen molar-refractivity contribution in [3.8, 4) is 0 Å². The molecule has 0 radical (unpaired) electrons. The second-order valence-electron chi connectivity index (χ2n) is 8.92. The van der Waals surface area contributed by atoms with Gasteiger partial charge in [-0.05, 0) is 45.9 Å². The lowest BCUT2D eigenvalue weighted by atomic mass is 9.94. The SMILES string of the molecule is CC(O)[C@H]1O[C@@H](n2ccc3c(NC(=O)c4ccccc4)ncnc32)[C@]2(C)OC(C)(C)O[C@H]12. The molecule has 9 nitrogen and oxygen atoms in total. The predicted molar refractivity (Wildman–Crippen MR) is 116 cm³/mol. The van der Waals surface area contributed by atoms with E-state index < -0.39 is 35.9 Å². The second kappa shape index (κ2) is 7.35. The highest BCUT2D eigenvalue weighted by atomic mass is 16.8. The van der Waals surface area contributed by atoms with E-state index in [1.165, 1.54) is 6.33 Å². The Balaban J connectivity index is 1.52. The van der Waals surface area contributed by atoms with Gasteiger partial charge >= 0.3 is 0 Å². The van der Waals surface area contributed by atoms with Gasteiger partial charge in [-0.1, -0.05) is 18.2 Å². The first-order valence-corrected chi connectivity index (χ1v) is 10.6. The molecule has 0 spiro atoms. The molecular weight excluding hydrogens is 412 g/mol. The summed E-state index contributed by atoms with van der Waals surface area (Å²) in [4.78, 5) is 21.4. The number of hydrogen-bond donors (Lipinski definition) is 2. The third-order valence-corrected chi connectivity index (χ3v) is 6.02. The van der Waals surface area contributed by atoms with E-state index in [9.17, 15) is 9.90 Å². The topological polar surface area (TPSA) is 108 Å². The quantitative estimate of drug-likeness (QED) is 0.645. The summed E-state index contributed by atoms with van der Waals surface area (Å²) in [5, 5.41) is 13.8. The molecule has 1 amide bonds. The fourth-order valence-corrected chi connectivity index (χ4v) is 4.71. The maximum atomic E-state index is 12.6. The minimum Gasteiger partial charge on any atom is -0.391 e. The van der Waals surface area contributed by atoms with Crippen molar-refractivity contribution in [1.29, 1.82) is 0 Å². The summed E-state index contributed by atoms with van der Waals surface area (Å²) in [6.45, 7) is 7.29. The van der Waals surface area contributed by atoms with Gasteiger partial charge in [-0.3, -0.25) is 4.79 Å². The number of aliphatic hydroxyl groups is 1. The van der Waals surface area contributed by atoms with E-state index in [-0.39, 0.29) is 5.91 Å². The Morgan fingerprint density at radius 3 is 2.66 bits per heavy atom. The maximum Gasteiger partial charge on any atom is 0.256 e. The minimum absolute atomic E-state index is 0.258. The van der Waals surface area contributed by atoms with Crippen LogP contribution >= 0.6 is 0 Å². The number of amides is 1. The number of carbonyl (C=O) groups excluding carboxylic acids is 1. The molecule has 1 aromatic carbocycles. The highest BCUT2D eigenvalue weighted by Crippen LogP contribution is 2.52. The van der Waals surface area contributed by atoms with Crippen LogP contribution in [0.2, 0.25) is 0 Å². The number of nitrogens with zero attached hydrogens (tertiary/aromatic N) is 3. The van der Waals surface area contributed by atoms with Crippen molar-refractivity contribution in [3.63, 3.8) is 0 Å². The number of ether oxygens (including phenoxy) is 3. The van der Waals surface area contributed by atoms with E-state index in [0.717, 1.165) is 0 Å². The number of fused-ring (bicyclic) bond motifs is 2. The Labute approximate surface area is 185 Å². The van der Waals surface area contributed by atoms with Gasteiger partial charge in [0.15, 0.2) is 12.0 Å². The lowest BCUT2D eigenvalue weighted by Gasteiger charge is -2.30. The summed E-state index contributed by atoms with van der Waals surface area (Å²) < 4.78 is 20.5. The van der Waals surface area contributed by atoms with Crippen molar-refractivity contribution >= 4 is 22.8 Å². The average Bonchev–Trinajstić information content (AvgIpc) is 3.35. The standard InChI is InChI=1S/C23H26N4O5/c1-13(28)16-17-23(4,32-22(2,3)31-17)21(30-16)27-11-10-15-18(24-12-25-19(15)27)26-20(29)14-8-6-5-7-9-14/h5-13,16-17,21,28H,1-4H3,(H,24,25,26,29)/t13?,16-,17-,21-,23-/m1/s1. The first-order chi connectivity index (χ1) is 15.2. The van der Waals surface area contributed by atoms with Crippen LogP contribution in [0.25, 0.3) is 11.0 Å². The van der Waals surface area contributed by atoms with Gasteiger partial charge in [0.05, 0.1) is 11.5 Å². The van der Waals surface area contributed by atoms with Crippen molar-refractivity contribution in [2.45, 2.75) is 63.6 Å². The predicted octanol–water partition coefficient (Wildman–Crippen LogP) is 2.87. The van der Waals surface area contributed by atoms with Crippen LogP contribution < -0.4 is 5.32 Å². The Hall–Kier alpha value is -2.85. The fourth-order valence-electron chi connectivity index (χ4n) is 4.71. The largest absolute Gasteiger partial charge is 0.391 e. The molecule has 2 aromatic heterocycles. The maximum absolute atomic E-state index is 12.6. The molecule has 0 aliphatic carbocycles. The van der Waals surface area contributed by atoms with Crippen molar-refractivity contribution < 1.29 is 24.1 Å². The van der Waals surface area contributed by atoms with Gasteiger partial charge in [0, 0.05) is 11.8 Å². The lowest BCUT2D eigenvalue weighted by Crippen LogP contribution is -2.43. The van der Waals surface area contributed by atoms with Gasteiger partial charge < -0.3 is 29.2 Å². The van der Waals surface area contributed by atoms with Crippen molar-refractivity contribution in [1.82, 2.24) is 14.5 Å². The molecule has 0 bridgehead atoms. The third kappa shape index (κ3) is 3.29. The lowest BCUT2D eigenvalue weighted by molar-refractivity contribution is -0.221. The van der Waals surface area contributed by atoms with E-state index in [0.29, 0.717) is 22.4 Å². The van der Waals surface area contributed by atoms with Gasteiger partial charge in [0.2, 0.25) is 0 Å². The van der Waals surface area contributed by atoms with Gasteiger partial charge in [-0.15, -0.1) is 0 Å². The van der Waals surface area contributed by atoms with Crippen LogP contribution in [0, 0.1) is 0 Å². The van der Waals surface area contributed by atoms with Crippen molar-refractivity contribution in [2.75, 3.05) is 5.32 Å². The number of aliphatic hydroxyl groups excluding tert-OH is 1. The average molecular weight is 438 g/mol. The zero-order valence-electron chi connectivity index (χ0n) is 18.4. The summed E-state index contributed by atoms with van der Waals surface area (Å²) in [6, 6.07) is 10.8. The van der Waals surface area contributed by atoms with Gasteiger partial charge in [-0.25, -0.2) is 9.97 Å². The Kier molecular flexibility index (Phi) is 4.82. The van der Waals surface area contributed by atoms with Gasteiger partial charge in [-0.2, -0.15) is 0 Å².